The predicted molar refractivity (Wildman–Crippen MR) is 101 cm³/mol. The van der Waals surface area contributed by atoms with Crippen LogP contribution in [0.2, 0.25) is 0 Å². The average Bonchev–Trinajstić information content (AvgIpc) is 3.05. The SMILES string of the molecule is CC(C)CN(Cc1cnnn1C1CCCNC1)CC1CCN(C)CC1. The monoisotopic (exact) mass is 348 g/mol. The summed E-state index contributed by atoms with van der Waals surface area (Å²) in [6.07, 6.45) is 7.08. The molecule has 1 unspecified atom stereocenters. The van der Waals surface area contributed by atoms with Crippen LogP contribution in [-0.2, 0) is 6.54 Å². The van der Waals surface area contributed by atoms with Gasteiger partial charge in [-0.3, -0.25) is 4.90 Å². The molecule has 0 saturated carbocycles. The topological polar surface area (TPSA) is 49.2 Å². The van der Waals surface area contributed by atoms with Gasteiger partial charge in [-0.05, 0) is 64.2 Å². The second kappa shape index (κ2) is 9.10. The van der Waals surface area contributed by atoms with Gasteiger partial charge in [0.15, 0.2) is 0 Å². The number of hydrogen-bond donors (Lipinski definition) is 1. The van der Waals surface area contributed by atoms with Gasteiger partial charge in [0.1, 0.15) is 0 Å². The lowest BCUT2D eigenvalue weighted by molar-refractivity contribution is 0.142. The first-order valence-corrected chi connectivity index (χ1v) is 10.1. The van der Waals surface area contributed by atoms with E-state index >= 15 is 0 Å². The fraction of sp³-hybridized carbons (Fsp3) is 0.895. The molecule has 0 bridgehead atoms. The van der Waals surface area contributed by atoms with E-state index in [2.05, 4.69) is 51.0 Å². The lowest BCUT2D eigenvalue weighted by Gasteiger charge is -2.34. The van der Waals surface area contributed by atoms with E-state index in [9.17, 15) is 0 Å². The smallest absolute Gasteiger partial charge is 0.0738 e. The second-order valence-electron chi connectivity index (χ2n) is 8.50. The molecule has 25 heavy (non-hydrogen) atoms. The van der Waals surface area contributed by atoms with E-state index in [0.717, 1.165) is 32.1 Å². The van der Waals surface area contributed by atoms with E-state index in [1.807, 2.05) is 6.20 Å². The average molecular weight is 349 g/mol. The van der Waals surface area contributed by atoms with Crippen LogP contribution in [0.3, 0.4) is 0 Å². The first-order valence-electron chi connectivity index (χ1n) is 10.1. The molecule has 2 aliphatic heterocycles. The molecule has 1 N–H and O–H groups in total. The molecule has 1 aromatic heterocycles. The van der Waals surface area contributed by atoms with Gasteiger partial charge in [-0.1, -0.05) is 19.1 Å². The molecule has 6 heteroatoms. The number of piperidine rings is 2. The van der Waals surface area contributed by atoms with E-state index in [1.54, 1.807) is 0 Å². The van der Waals surface area contributed by atoms with Crippen LogP contribution in [-0.4, -0.2) is 71.1 Å². The molecule has 6 nitrogen and oxygen atoms in total. The molecule has 142 valence electrons. The summed E-state index contributed by atoms with van der Waals surface area (Å²) in [5, 5.41) is 12.2. The molecule has 0 aliphatic carbocycles. The van der Waals surface area contributed by atoms with Gasteiger partial charge in [0.2, 0.25) is 0 Å². The summed E-state index contributed by atoms with van der Waals surface area (Å²) in [6, 6.07) is 0.468. The van der Waals surface area contributed by atoms with E-state index in [0.29, 0.717) is 12.0 Å². The summed E-state index contributed by atoms with van der Waals surface area (Å²) in [5.41, 5.74) is 1.28. The summed E-state index contributed by atoms with van der Waals surface area (Å²) in [5.74, 6) is 1.52. The van der Waals surface area contributed by atoms with Gasteiger partial charge in [-0.2, -0.15) is 0 Å². The van der Waals surface area contributed by atoms with Crippen LogP contribution >= 0.6 is 0 Å². The van der Waals surface area contributed by atoms with E-state index in [1.165, 1.54) is 51.0 Å². The molecule has 0 spiro atoms. The lowest BCUT2D eigenvalue weighted by atomic mass is 9.96. The van der Waals surface area contributed by atoms with Gasteiger partial charge in [-0.15, -0.1) is 5.10 Å². The zero-order valence-corrected chi connectivity index (χ0v) is 16.3. The van der Waals surface area contributed by atoms with Crippen molar-refractivity contribution in [2.75, 3.05) is 46.3 Å². The highest BCUT2D eigenvalue weighted by atomic mass is 15.4. The van der Waals surface area contributed by atoms with Crippen molar-refractivity contribution < 1.29 is 0 Å². The molecule has 2 saturated heterocycles. The van der Waals surface area contributed by atoms with Crippen molar-refractivity contribution in [1.82, 2.24) is 30.1 Å². The van der Waals surface area contributed by atoms with Crippen LogP contribution in [0.15, 0.2) is 6.20 Å². The minimum absolute atomic E-state index is 0.468. The summed E-state index contributed by atoms with van der Waals surface area (Å²) < 4.78 is 2.19. The fourth-order valence-corrected chi connectivity index (χ4v) is 4.29. The standard InChI is InChI=1S/C19H36N6/c1-16(2)13-24(14-17-6-9-23(3)10-7-17)15-19-12-21-22-25(19)18-5-4-8-20-11-18/h12,16-18,20H,4-11,13-15H2,1-3H3. The van der Waals surface area contributed by atoms with Gasteiger partial charge in [0.25, 0.3) is 0 Å². The van der Waals surface area contributed by atoms with Gasteiger partial charge in [0.05, 0.1) is 17.9 Å². The quantitative estimate of drug-likeness (QED) is 0.817. The third-order valence-electron chi connectivity index (χ3n) is 5.63. The molecule has 3 heterocycles. The van der Waals surface area contributed by atoms with Crippen LogP contribution in [0, 0.1) is 11.8 Å². The maximum Gasteiger partial charge on any atom is 0.0738 e. The van der Waals surface area contributed by atoms with Gasteiger partial charge < -0.3 is 10.2 Å². The van der Waals surface area contributed by atoms with Crippen LogP contribution in [0.4, 0.5) is 0 Å². The van der Waals surface area contributed by atoms with Crippen LogP contribution in [0.5, 0.6) is 0 Å². The molecule has 1 aromatic rings. The summed E-state index contributed by atoms with van der Waals surface area (Å²) in [6.45, 7) is 12.6. The highest BCUT2D eigenvalue weighted by molar-refractivity contribution is 4.97. The van der Waals surface area contributed by atoms with Crippen molar-refractivity contribution in [3.8, 4) is 0 Å². The Kier molecular flexibility index (Phi) is 6.84. The maximum absolute atomic E-state index is 4.42. The van der Waals surface area contributed by atoms with Crippen molar-refractivity contribution in [3.05, 3.63) is 11.9 Å². The first kappa shape index (κ1) is 18.8. The number of likely N-dealkylation sites (tertiary alicyclic amines) is 1. The third-order valence-corrected chi connectivity index (χ3v) is 5.63. The van der Waals surface area contributed by atoms with E-state index in [-0.39, 0.29) is 0 Å². The fourth-order valence-electron chi connectivity index (χ4n) is 4.29. The lowest BCUT2D eigenvalue weighted by Crippen LogP contribution is -2.39. The highest BCUT2D eigenvalue weighted by Gasteiger charge is 2.23. The predicted octanol–water partition coefficient (Wildman–Crippen LogP) is 2.00. The van der Waals surface area contributed by atoms with E-state index < -0.39 is 0 Å². The molecule has 2 fully saturated rings. The van der Waals surface area contributed by atoms with Gasteiger partial charge in [0, 0.05) is 26.2 Å². The summed E-state index contributed by atoms with van der Waals surface area (Å²) >= 11 is 0. The third kappa shape index (κ3) is 5.50. The minimum Gasteiger partial charge on any atom is -0.315 e. The molecule has 1 atom stereocenters. The molecule has 0 aromatic carbocycles. The zero-order valence-electron chi connectivity index (χ0n) is 16.3. The normalized spacial score (nSPS) is 23.6. The largest absolute Gasteiger partial charge is 0.315 e. The van der Waals surface area contributed by atoms with Crippen molar-refractivity contribution in [2.24, 2.45) is 11.8 Å². The number of nitrogens with one attached hydrogen (secondary N) is 1. The Bertz CT molecular complexity index is 500. The Labute approximate surface area is 152 Å². The maximum atomic E-state index is 4.42. The highest BCUT2D eigenvalue weighted by Crippen LogP contribution is 2.21. The summed E-state index contributed by atoms with van der Waals surface area (Å²) in [7, 11) is 2.24. The van der Waals surface area contributed by atoms with Crippen molar-refractivity contribution in [2.45, 2.75) is 52.1 Å². The Morgan fingerprint density at radius 2 is 2.08 bits per heavy atom. The molecule has 0 amide bonds. The van der Waals surface area contributed by atoms with Crippen molar-refractivity contribution >= 4 is 0 Å². The molecular formula is C19H36N6. The van der Waals surface area contributed by atoms with Gasteiger partial charge in [-0.25, -0.2) is 4.68 Å². The Morgan fingerprint density at radius 3 is 2.76 bits per heavy atom. The molecule has 3 rings (SSSR count). The van der Waals surface area contributed by atoms with E-state index in [4.69, 9.17) is 0 Å². The Balaban J connectivity index is 1.63. The number of hydrogen-bond acceptors (Lipinski definition) is 5. The molecule has 0 radical (unpaired) electrons. The Hall–Kier alpha value is -0.980. The van der Waals surface area contributed by atoms with Crippen molar-refractivity contribution in [3.63, 3.8) is 0 Å². The van der Waals surface area contributed by atoms with Crippen LogP contribution < -0.4 is 5.32 Å². The molecule has 2 aliphatic rings. The number of aromatic nitrogens is 3. The summed E-state index contributed by atoms with van der Waals surface area (Å²) in [4.78, 5) is 5.10. The second-order valence-corrected chi connectivity index (χ2v) is 8.50. The van der Waals surface area contributed by atoms with Crippen LogP contribution in [0.1, 0.15) is 51.3 Å². The van der Waals surface area contributed by atoms with Crippen molar-refractivity contribution in [1.29, 1.82) is 0 Å². The van der Waals surface area contributed by atoms with Gasteiger partial charge >= 0.3 is 0 Å². The zero-order chi connectivity index (χ0) is 17.6. The minimum atomic E-state index is 0.468. The first-order chi connectivity index (χ1) is 12.1. The van der Waals surface area contributed by atoms with Crippen LogP contribution in [0.25, 0.3) is 0 Å². The number of rotatable bonds is 7. The molecular weight excluding hydrogens is 312 g/mol. The number of nitrogens with zero attached hydrogens (tertiary/aromatic N) is 5. The Morgan fingerprint density at radius 1 is 1.28 bits per heavy atom.